The lowest BCUT2D eigenvalue weighted by atomic mass is 10.3. The van der Waals surface area contributed by atoms with Crippen molar-refractivity contribution in [1.82, 2.24) is 15.5 Å². The van der Waals surface area contributed by atoms with Gasteiger partial charge in [-0.15, -0.1) is 16.4 Å². The summed E-state index contributed by atoms with van der Waals surface area (Å²) in [4.78, 5) is 1.24. The smallest absolute Gasteiger partial charge is 0.315 e. The van der Waals surface area contributed by atoms with Gasteiger partial charge in [-0.05, 0) is 31.4 Å². The number of hydrogen-bond acceptors (Lipinski definition) is 6. The van der Waals surface area contributed by atoms with Crippen LogP contribution >= 0.6 is 22.9 Å². The Morgan fingerprint density at radius 2 is 2.26 bits per heavy atom. The van der Waals surface area contributed by atoms with Crippen LogP contribution in [0.15, 0.2) is 16.5 Å². The Bertz CT molecular complexity index is 537. The molecule has 2 aromatic rings. The molecule has 2 aromatic heterocycles. The lowest BCUT2D eigenvalue weighted by Crippen LogP contribution is -2.15. The van der Waals surface area contributed by atoms with Gasteiger partial charge in [0.15, 0.2) is 0 Å². The van der Waals surface area contributed by atoms with Crippen LogP contribution in [-0.2, 0) is 13.0 Å². The van der Waals surface area contributed by atoms with E-state index in [1.165, 1.54) is 17.7 Å². The third kappa shape index (κ3) is 3.92. The Kier molecular flexibility index (Phi) is 4.00. The summed E-state index contributed by atoms with van der Waals surface area (Å²) < 4.78 is 6.31. The van der Waals surface area contributed by atoms with Gasteiger partial charge in [-0.2, -0.15) is 0 Å². The lowest BCUT2D eigenvalue weighted by molar-refractivity contribution is 0.476. The minimum atomic E-state index is 0.482. The molecule has 0 saturated heterocycles. The molecule has 1 saturated carbocycles. The second-order valence-corrected chi connectivity index (χ2v) is 6.34. The van der Waals surface area contributed by atoms with Gasteiger partial charge in [0, 0.05) is 17.5 Å². The monoisotopic (exact) mass is 298 g/mol. The fourth-order valence-electron chi connectivity index (χ4n) is 1.69. The third-order valence-electron chi connectivity index (χ3n) is 2.86. The molecule has 0 aromatic carbocycles. The summed E-state index contributed by atoms with van der Waals surface area (Å²) in [6.45, 7) is 1.41. The van der Waals surface area contributed by atoms with E-state index in [4.69, 9.17) is 16.0 Å². The molecular formula is C12H15ClN4OS. The highest BCUT2D eigenvalue weighted by Gasteiger charge is 2.21. The normalized spacial score (nSPS) is 14.8. The van der Waals surface area contributed by atoms with E-state index in [-0.39, 0.29) is 0 Å². The van der Waals surface area contributed by atoms with Crippen molar-refractivity contribution in [2.24, 2.45) is 0 Å². The first-order valence-electron chi connectivity index (χ1n) is 6.33. The standard InChI is InChI=1S/C12H15ClN4OS/c13-10-4-3-9(19-10)5-6-14-12-17-16-11(18-12)7-15-8-1-2-8/h3-4,8,15H,1-2,5-7H2,(H,14,17). The maximum Gasteiger partial charge on any atom is 0.315 e. The second kappa shape index (κ2) is 5.90. The molecule has 0 aliphatic heterocycles. The highest BCUT2D eigenvalue weighted by atomic mass is 35.5. The molecule has 0 unspecified atom stereocenters. The lowest BCUT2D eigenvalue weighted by Gasteiger charge is -1.99. The van der Waals surface area contributed by atoms with Crippen LogP contribution in [0.1, 0.15) is 23.6 Å². The molecule has 2 N–H and O–H groups in total. The Morgan fingerprint density at radius 3 is 3.00 bits per heavy atom. The number of hydrogen-bond donors (Lipinski definition) is 2. The van der Waals surface area contributed by atoms with Gasteiger partial charge in [0.05, 0.1) is 10.9 Å². The van der Waals surface area contributed by atoms with Crippen molar-refractivity contribution in [3.63, 3.8) is 0 Å². The maximum absolute atomic E-state index is 5.88. The highest BCUT2D eigenvalue weighted by molar-refractivity contribution is 7.16. The molecule has 0 bridgehead atoms. The quantitative estimate of drug-likeness (QED) is 0.823. The zero-order valence-electron chi connectivity index (χ0n) is 10.4. The van der Waals surface area contributed by atoms with Gasteiger partial charge in [-0.1, -0.05) is 16.7 Å². The summed E-state index contributed by atoms with van der Waals surface area (Å²) in [5.74, 6) is 0.633. The van der Waals surface area contributed by atoms with Crippen LogP contribution in [0.3, 0.4) is 0 Å². The molecule has 102 valence electrons. The first kappa shape index (κ1) is 12.9. The first-order valence-corrected chi connectivity index (χ1v) is 7.53. The predicted molar refractivity (Wildman–Crippen MR) is 75.7 cm³/mol. The van der Waals surface area contributed by atoms with Crippen molar-refractivity contribution in [1.29, 1.82) is 0 Å². The summed E-state index contributed by atoms with van der Waals surface area (Å²) in [7, 11) is 0. The van der Waals surface area contributed by atoms with E-state index in [1.807, 2.05) is 12.1 Å². The molecule has 0 amide bonds. The molecule has 5 nitrogen and oxygen atoms in total. The minimum Gasteiger partial charge on any atom is -0.407 e. The molecule has 7 heteroatoms. The fraction of sp³-hybridized carbons (Fsp3) is 0.500. The van der Waals surface area contributed by atoms with Crippen molar-refractivity contribution in [2.45, 2.75) is 31.8 Å². The topological polar surface area (TPSA) is 63.0 Å². The van der Waals surface area contributed by atoms with Crippen LogP contribution in [0.4, 0.5) is 6.01 Å². The van der Waals surface area contributed by atoms with E-state index in [0.717, 1.165) is 17.3 Å². The average Bonchev–Trinajstić information content (AvgIpc) is 2.97. The summed E-state index contributed by atoms with van der Waals surface area (Å²) in [6.07, 6.45) is 3.40. The van der Waals surface area contributed by atoms with Crippen LogP contribution in [0.25, 0.3) is 0 Å². The van der Waals surface area contributed by atoms with Crippen LogP contribution in [0, 0.1) is 0 Å². The van der Waals surface area contributed by atoms with Gasteiger partial charge in [0.2, 0.25) is 5.89 Å². The van der Waals surface area contributed by atoms with E-state index in [9.17, 15) is 0 Å². The molecule has 0 radical (unpaired) electrons. The zero-order valence-corrected chi connectivity index (χ0v) is 11.9. The molecule has 1 fully saturated rings. The van der Waals surface area contributed by atoms with Crippen LogP contribution in [-0.4, -0.2) is 22.8 Å². The number of thiophene rings is 1. The van der Waals surface area contributed by atoms with Crippen molar-refractivity contribution >= 4 is 29.0 Å². The van der Waals surface area contributed by atoms with E-state index in [0.29, 0.717) is 24.5 Å². The summed E-state index contributed by atoms with van der Waals surface area (Å²) in [5, 5.41) is 14.4. The number of nitrogens with one attached hydrogen (secondary N) is 2. The van der Waals surface area contributed by atoms with E-state index in [1.54, 1.807) is 11.3 Å². The molecular weight excluding hydrogens is 284 g/mol. The van der Waals surface area contributed by atoms with Gasteiger partial charge in [-0.25, -0.2) is 0 Å². The van der Waals surface area contributed by atoms with Gasteiger partial charge in [0.25, 0.3) is 0 Å². The molecule has 1 aliphatic carbocycles. The number of halogens is 1. The molecule has 0 spiro atoms. The average molecular weight is 299 g/mol. The minimum absolute atomic E-state index is 0.482. The summed E-state index contributed by atoms with van der Waals surface area (Å²) in [6, 6.07) is 5.07. The number of aromatic nitrogens is 2. The van der Waals surface area contributed by atoms with Gasteiger partial charge >= 0.3 is 6.01 Å². The number of rotatable bonds is 7. The Morgan fingerprint density at radius 1 is 1.37 bits per heavy atom. The van der Waals surface area contributed by atoms with Crippen molar-refractivity contribution in [3.8, 4) is 0 Å². The molecule has 0 atom stereocenters. The fourth-order valence-corrected chi connectivity index (χ4v) is 2.78. The van der Waals surface area contributed by atoms with Crippen molar-refractivity contribution in [2.75, 3.05) is 11.9 Å². The third-order valence-corrected chi connectivity index (χ3v) is 4.15. The Labute approximate surface area is 120 Å². The number of anilines is 1. The maximum atomic E-state index is 5.88. The largest absolute Gasteiger partial charge is 0.407 e. The van der Waals surface area contributed by atoms with E-state index < -0.39 is 0 Å². The Balaban J connectivity index is 1.41. The first-order chi connectivity index (χ1) is 9.29. The van der Waals surface area contributed by atoms with Crippen molar-refractivity contribution < 1.29 is 4.42 Å². The molecule has 2 heterocycles. The number of nitrogens with zero attached hydrogens (tertiary/aromatic N) is 2. The zero-order chi connectivity index (χ0) is 13.1. The highest BCUT2D eigenvalue weighted by Crippen LogP contribution is 2.22. The SMILES string of the molecule is Clc1ccc(CCNc2nnc(CNC3CC3)o2)s1. The van der Waals surface area contributed by atoms with Crippen LogP contribution in [0.2, 0.25) is 4.34 Å². The Hall–Kier alpha value is -1.11. The summed E-state index contributed by atoms with van der Waals surface area (Å²) >= 11 is 7.47. The second-order valence-electron chi connectivity index (χ2n) is 4.54. The van der Waals surface area contributed by atoms with Crippen LogP contribution in [0.5, 0.6) is 0 Å². The van der Waals surface area contributed by atoms with E-state index in [2.05, 4.69) is 20.8 Å². The summed E-state index contributed by atoms with van der Waals surface area (Å²) in [5.41, 5.74) is 0. The van der Waals surface area contributed by atoms with E-state index >= 15 is 0 Å². The van der Waals surface area contributed by atoms with Crippen molar-refractivity contribution in [3.05, 3.63) is 27.2 Å². The van der Waals surface area contributed by atoms with Crippen LogP contribution < -0.4 is 10.6 Å². The molecule has 19 heavy (non-hydrogen) atoms. The molecule has 3 rings (SSSR count). The molecule has 1 aliphatic rings. The van der Waals surface area contributed by atoms with Gasteiger partial charge in [-0.3, -0.25) is 0 Å². The predicted octanol–water partition coefficient (Wildman–Crippen LogP) is 2.69. The van der Waals surface area contributed by atoms with Gasteiger partial charge < -0.3 is 15.1 Å². The van der Waals surface area contributed by atoms with Gasteiger partial charge in [0.1, 0.15) is 0 Å².